The van der Waals surface area contributed by atoms with Crippen LogP contribution < -0.4 is 14.8 Å². The molecule has 0 saturated carbocycles. The Labute approximate surface area is 156 Å². The van der Waals surface area contributed by atoms with Crippen molar-refractivity contribution in [1.29, 1.82) is 0 Å². The van der Waals surface area contributed by atoms with E-state index >= 15 is 0 Å². The normalized spacial score (nSPS) is 15.5. The van der Waals surface area contributed by atoms with Crippen molar-refractivity contribution < 1.29 is 23.8 Å². The zero-order valence-electron chi connectivity index (χ0n) is 14.6. The van der Waals surface area contributed by atoms with Crippen LogP contribution >= 0.6 is 0 Å². The molecule has 4 rings (SSSR count). The quantitative estimate of drug-likeness (QED) is 0.871. The minimum atomic E-state index is -0.295. The van der Waals surface area contributed by atoms with Crippen LogP contribution in [0.5, 0.6) is 11.5 Å². The van der Waals surface area contributed by atoms with Gasteiger partial charge in [0.2, 0.25) is 6.79 Å². The molecule has 1 aromatic heterocycles. The number of pyridine rings is 1. The van der Waals surface area contributed by atoms with Gasteiger partial charge in [0.1, 0.15) is 0 Å². The molecule has 0 bridgehead atoms. The Hall–Kier alpha value is -3.13. The fourth-order valence-electron chi connectivity index (χ4n) is 2.97. The number of benzene rings is 1. The lowest BCUT2D eigenvalue weighted by Gasteiger charge is -2.26. The van der Waals surface area contributed by atoms with Gasteiger partial charge in [-0.15, -0.1) is 0 Å². The van der Waals surface area contributed by atoms with Crippen molar-refractivity contribution in [2.45, 2.75) is 6.54 Å². The highest BCUT2D eigenvalue weighted by Gasteiger charge is 2.20. The second kappa shape index (κ2) is 7.63. The standard InChI is InChI=1S/C19H19N3O5/c23-18(21-9-13-1-2-16-17(7-13)27-12-26-16)14-8-15(11-20-10-14)19(24)22-3-5-25-6-4-22/h1-2,7-8,10-11H,3-6,9,12H2,(H,21,23). The van der Waals surface area contributed by atoms with Crippen LogP contribution in [-0.2, 0) is 11.3 Å². The summed E-state index contributed by atoms with van der Waals surface area (Å²) >= 11 is 0. The van der Waals surface area contributed by atoms with Crippen molar-refractivity contribution in [2.24, 2.45) is 0 Å². The minimum Gasteiger partial charge on any atom is -0.454 e. The van der Waals surface area contributed by atoms with E-state index in [2.05, 4.69) is 10.3 Å². The molecule has 3 heterocycles. The van der Waals surface area contributed by atoms with Crippen LogP contribution in [0.15, 0.2) is 36.7 Å². The summed E-state index contributed by atoms with van der Waals surface area (Å²) in [6.07, 6.45) is 2.93. The first kappa shape index (κ1) is 17.3. The van der Waals surface area contributed by atoms with Gasteiger partial charge in [-0.2, -0.15) is 0 Å². The van der Waals surface area contributed by atoms with Crippen molar-refractivity contribution in [3.8, 4) is 11.5 Å². The average molecular weight is 369 g/mol. The Bertz CT molecular complexity index is 864. The topological polar surface area (TPSA) is 90.0 Å². The zero-order valence-corrected chi connectivity index (χ0v) is 14.6. The molecule has 0 spiro atoms. The molecule has 8 nitrogen and oxygen atoms in total. The fourth-order valence-corrected chi connectivity index (χ4v) is 2.97. The molecule has 140 valence electrons. The minimum absolute atomic E-state index is 0.142. The van der Waals surface area contributed by atoms with Crippen LogP contribution in [0.3, 0.4) is 0 Å². The number of hydrogen-bond acceptors (Lipinski definition) is 6. The van der Waals surface area contributed by atoms with Crippen LogP contribution in [0, 0.1) is 0 Å². The lowest BCUT2D eigenvalue weighted by atomic mass is 10.1. The first-order valence-corrected chi connectivity index (χ1v) is 8.69. The highest BCUT2D eigenvalue weighted by molar-refractivity contribution is 5.99. The molecule has 2 aliphatic rings. The van der Waals surface area contributed by atoms with Gasteiger partial charge in [0.05, 0.1) is 24.3 Å². The van der Waals surface area contributed by atoms with Crippen molar-refractivity contribution in [3.05, 3.63) is 53.3 Å². The number of carbonyl (C=O) groups is 2. The van der Waals surface area contributed by atoms with E-state index in [0.29, 0.717) is 55.5 Å². The predicted octanol–water partition coefficient (Wildman–Crippen LogP) is 1.21. The zero-order chi connectivity index (χ0) is 18.6. The van der Waals surface area contributed by atoms with E-state index in [9.17, 15) is 9.59 Å². The molecule has 8 heteroatoms. The number of ether oxygens (including phenoxy) is 3. The van der Waals surface area contributed by atoms with Gasteiger partial charge in [-0.25, -0.2) is 0 Å². The summed E-state index contributed by atoms with van der Waals surface area (Å²) in [5.41, 5.74) is 1.63. The Kier molecular flexibility index (Phi) is 4.88. The monoisotopic (exact) mass is 369 g/mol. The van der Waals surface area contributed by atoms with Gasteiger partial charge in [0.25, 0.3) is 11.8 Å². The highest BCUT2D eigenvalue weighted by Crippen LogP contribution is 2.32. The van der Waals surface area contributed by atoms with E-state index in [4.69, 9.17) is 14.2 Å². The molecule has 1 aromatic carbocycles. The number of aromatic nitrogens is 1. The molecule has 27 heavy (non-hydrogen) atoms. The summed E-state index contributed by atoms with van der Waals surface area (Å²) in [5, 5.41) is 2.83. The van der Waals surface area contributed by atoms with E-state index in [1.54, 1.807) is 11.0 Å². The van der Waals surface area contributed by atoms with E-state index in [1.165, 1.54) is 12.4 Å². The van der Waals surface area contributed by atoms with Gasteiger partial charge in [0, 0.05) is 32.0 Å². The van der Waals surface area contributed by atoms with Gasteiger partial charge >= 0.3 is 0 Å². The van der Waals surface area contributed by atoms with Crippen molar-refractivity contribution in [1.82, 2.24) is 15.2 Å². The summed E-state index contributed by atoms with van der Waals surface area (Å²) in [6.45, 7) is 2.67. The van der Waals surface area contributed by atoms with E-state index in [-0.39, 0.29) is 18.6 Å². The highest BCUT2D eigenvalue weighted by atomic mass is 16.7. The van der Waals surface area contributed by atoms with Crippen molar-refractivity contribution in [2.75, 3.05) is 33.1 Å². The number of amides is 2. The number of morpholine rings is 1. The number of nitrogens with one attached hydrogen (secondary N) is 1. The second-order valence-electron chi connectivity index (χ2n) is 6.24. The largest absolute Gasteiger partial charge is 0.454 e. The molecule has 1 saturated heterocycles. The maximum atomic E-state index is 12.5. The Balaban J connectivity index is 1.40. The summed E-state index contributed by atoms with van der Waals surface area (Å²) in [6, 6.07) is 7.08. The first-order chi connectivity index (χ1) is 13.2. The SMILES string of the molecule is O=C(NCc1ccc2c(c1)OCO2)c1cncc(C(=O)N2CCOCC2)c1. The number of rotatable bonds is 4. The third-order valence-electron chi connectivity index (χ3n) is 4.44. The van der Waals surface area contributed by atoms with Crippen LogP contribution in [0.1, 0.15) is 26.3 Å². The molecule has 2 aliphatic heterocycles. The predicted molar refractivity (Wildman–Crippen MR) is 94.7 cm³/mol. The first-order valence-electron chi connectivity index (χ1n) is 8.69. The van der Waals surface area contributed by atoms with Crippen molar-refractivity contribution >= 4 is 11.8 Å². The van der Waals surface area contributed by atoms with Gasteiger partial charge in [-0.3, -0.25) is 14.6 Å². The maximum Gasteiger partial charge on any atom is 0.255 e. The molecule has 0 radical (unpaired) electrons. The molecule has 0 atom stereocenters. The molecule has 2 amide bonds. The smallest absolute Gasteiger partial charge is 0.255 e. The summed E-state index contributed by atoms with van der Waals surface area (Å²) < 4.78 is 15.9. The maximum absolute atomic E-state index is 12.5. The van der Waals surface area contributed by atoms with Crippen LogP contribution in [0.25, 0.3) is 0 Å². The summed E-state index contributed by atoms with van der Waals surface area (Å²) in [4.78, 5) is 30.7. The van der Waals surface area contributed by atoms with E-state index < -0.39 is 0 Å². The Morgan fingerprint density at radius 2 is 1.81 bits per heavy atom. The Morgan fingerprint density at radius 3 is 2.67 bits per heavy atom. The molecule has 1 fully saturated rings. The second-order valence-corrected chi connectivity index (χ2v) is 6.24. The van der Waals surface area contributed by atoms with Crippen molar-refractivity contribution in [3.63, 3.8) is 0 Å². The average Bonchev–Trinajstić information content (AvgIpc) is 3.20. The van der Waals surface area contributed by atoms with Gasteiger partial charge in [-0.05, 0) is 23.8 Å². The lowest BCUT2D eigenvalue weighted by molar-refractivity contribution is 0.0302. The van der Waals surface area contributed by atoms with Gasteiger partial charge < -0.3 is 24.4 Å². The van der Waals surface area contributed by atoms with Gasteiger partial charge in [0.15, 0.2) is 11.5 Å². The third-order valence-corrected chi connectivity index (χ3v) is 4.44. The molecule has 2 aromatic rings. The van der Waals surface area contributed by atoms with Crippen LogP contribution in [0.4, 0.5) is 0 Å². The summed E-state index contributed by atoms with van der Waals surface area (Å²) in [5.74, 6) is 0.929. The molecule has 0 unspecified atom stereocenters. The molecule has 0 aliphatic carbocycles. The Morgan fingerprint density at radius 1 is 1.04 bits per heavy atom. The van der Waals surface area contributed by atoms with E-state index in [1.807, 2.05) is 18.2 Å². The van der Waals surface area contributed by atoms with Crippen LogP contribution in [-0.4, -0.2) is 54.8 Å². The molecular formula is C19H19N3O5. The van der Waals surface area contributed by atoms with Crippen LogP contribution in [0.2, 0.25) is 0 Å². The number of fused-ring (bicyclic) bond motifs is 1. The van der Waals surface area contributed by atoms with Gasteiger partial charge in [-0.1, -0.05) is 6.07 Å². The lowest BCUT2D eigenvalue weighted by Crippen LogP contribution is -2.40. The fraction of sp³-hybridized carbons (Fsp3) is 0.316. The van der Waals surface area contributed by atoms with E-state index in [0.717, 1.165) is 5.56 Å². The molecule has 1 N–H and O–H groups in total. The number of carbonyl (C=O) groups excluding carboxylic acids is 2. The number of hydrogen-bond donors (Lipinski definition) is 1. The third kappa shape index (κ3) is 3.85. The summed E-state index contributed by atoms with van der Waals surface area (Å²) in [7, 11) is 0. The number of nitrogens with zero attached hydrogens (tertiary/aromatic N) is 2. The molecular weight excluding hydrogens is 350 g/mol.